The molecule has 1 unspecified atom stereocenters. The monoisotopic (exact) mass is 491 g/mol. The molecular formula is C24H21N5O7. The van der Waals surface area contributed by atoms with Gasteiger partial charge in [-0.3, -0.25) is 24.6 Å². The Morgan fingerprint density at radius 2 is 1.89 bits per heavy atom. The van der Waals surface area contributed by atoms with Crippen LogP contribution in [-0.4, -0.2) is 49.5 Å². The Hall–Kier alpha value is -4.61. The lowest BCUT2D eigenvalue weighted by Gasteiger charge is -2.50. The Balaban J connectivity index is 1.41. The highest BCUT2D eigenvalue weighted by Gasteiger charge is 2.62. The predicted molar refractivity (Wildman–Crippen MR) is 123 cm³/mol. The number of para-hydroxylation sites is 1. The Kier molecular flexibility index (Phi) is 5.50. The van der Waals surface area contributed by atoms with Crippen LogP contribution in [0.15, 0.2) is 52.9 Å². The van der Waals surface area contributed by atoms with E-state index >= 15 is 0 Å². The lowest BCUT2D eigenvalue weighted by Crippen LogP contribution is -2.70. The molecule has 2 aliphatic heterocycles. The number of rotatable bonds is 6. The van der Waals surface area contributed by atoms with Crippen molar-refractivity contribution in [1.82, 2.24) is 15.1 Å². The first-order valence-electron chi connectivity index (χ1n) is 11.2. The van der Waals surface area contributed by atoms with Crippen molar-refractivity contribution < 1.29 is 28.5 Å². The number of nitro groups is 1. The summed E-state index contributed by atoms with van der Waals surface area (Å²) in [5, 5.41) is 18.6. The molecule has 1 atom stereocenters. The second kappa shape index (κ2) is 8.56. The molecule has 0 aliphatic carbocycles. The molecule has 0 N–H and O–H groups in total. The van der Waals surface area contributed by atoms with Gasteiger partial charge in [0, 0.05) is 36.6 Å². The summed E-state index contributed by atoms with van der Waals surface area (Å²) in [7, 11) is 0. The van der Waals surface area contributed by atoms with Gasteiger partial charge in [-0.15, -0.1) is 10.2 Å². The maximum absolute atomic E-state index is 13.6. The molecule has 0 bridgehead atoms. The quantitative estimate of drug-likeness (QED) is 0.288. The number of benzene rings is 2. The highest BCUT2D eigenvalue weighted by molar-refractivity contribution is 6.15. The number of ether oxygens (including phenoxy) is 1. The van der Waals surface area contributed by atoms with E-state index in [1.165, 1.54) is 34.1 Å². The van der Waals surface area contributed by atoms with Gasteiger partial charge in [-0.2, -0.15) is 0 Å². The number of non-ortho nitro benzene ring substituents is 1. The molecule has 12 nitrogen and oxygen atoms in total. The first kappa shape index (κ1) is 23.1. The minimum atomic E-state index is -1.63. The maximum atomic E-state index is 13.6. The van der Waals surface area contributed by atoms with Crippen molar-refractivity contribution in [1.29, 1.82) is 0 Å². The molecule has 0 saturated carbocycles. The van der Waals surface area contributed by atoms with Crippen LogP contribution in [-0.2, 0) is 20.9 Å². The Labute approximate surface area is 204 Å². The van der Waals surface area contributed by atoms with Gasteiger partial charge in [0.1, 0.15) is 0 Å². The average molecular weight is 491 g/mol. The van der Waals surface area contributed by atoms with E-state index in [4.69, 9.17) is 9.15 Å². The maximum Gasteiger partial charge on any atom is 0.354 e. The highest BCUT2D eigenvalue weighted by atomic mass is 16.6. The zero-order valence-electron chi connectivity index (χ0n) is 19.4. The van der Waals surface area contributed by atoms with Gasteiger partial charge < -0.3 is 14.1 Å². The number of nitro benzene ring substituents is 1. The van der Waals surface area contributed by atoms with Crippen LogP contribution in [0.4, 0.5) is 11.4 Å². The van der Waals surface area contributed by atoms with Crippen LogP contribution in [0, 0.1) is 10.1 Å². The van der Waals surface area contributed by atoms with Crippen molar-refractivity contribution in [3.05, 3.63) is 70.1 Å². The summed E-state index contributed by atoms with van der Waals surface area (Å²) in [6, 6.07) is 11.8. The molecule has 5 rings (SSSR count). The topological polar surface area (TPSA) is 149 Å². The van der Waals surface area contributed by atoms with Gasteiger partial charge >= 0.3 is 5.97 Å². The van der Waals surface area contributed by atoms with Crippen molar-refractivity contribution in [2.24, 2.45) is 0 Å². The third-order valence-corrected chi connectivity index (χ3v) is 6.26. The summed E-state index contributed by atoms with van der Waals surface area (Å²) in [6.07, 6.45) is 0.158. The largest absolute Gasteiger partial charge is 0.452 e. The summed E-state index contributed by atoms with van der Waals surface area (Å²) in [4.78, 5) is 53.1. The van der Waals surface area contributed by atoms with Crippen LogP contribution in [0.2, 0.25) is 0 Å². The summed E-state index contributed by atoms with van der Waals surface area (Å²) >= 11 is 0. The number of fused-ring (bicyclic) bond motifs is 3. The van der Waals surface area contributed by atoms with Crippen LogP contribution >= 0.6 is 0 Å². The molecule has 1 aromatic heterocycles. The van der Waals surface area contributed by atoms with E-state index in [1.807, 2.05) is 0 Å². The second-order valence-electron chi connectivity index (χ2n) is 8.71. The fourth-order valence-electron chi connectivity index (χ4n) is 4.77. The third-order valence-electron chi connectivity index (χ3n) is 6.26. The van der Waals surface area contributed by atoms with E-state index < -0.39 is 22.6 Å². The molecule has 3 aromatic rings. The molecule has 0 radical (unpaired) electrons. The number of esters is 1. The Bertz CT molecular complexity index is 1380. The van der Waals surface area contributed by atoms with Crippen LogP contribution in [0.25, 0.3) is 11.5 Å². The van der Waals surface area contributed by atoms with Crippen LogP contribution in [0.3, 0.4) is 0 Å². The van der Waals surface area contributed by atoms with E-state index in [9.17, 15) is 24.5 Å². The zero-order valence-corrected chi connectivity index (χ0v) is 19.4. The number of hydrogen-bond acceptors (Lipinski definition) is 9. The fraction of sp³-hybridized carbons (Fsp3) is 0.292. The van der Waals surface area contributed by atoms with Crippen molar-refractivity contribution in [2.75, 3.05) is 4.90 Å². The van der Waals surface area contributed by atoms with Crippen molar-refractivity contribution >= 4 is 29.2 Å². The predicted octanol–water partition coefficient (Wildman–Crippen LogP) is 3.08. The van der Waals surface area contributed by atoms with Gasteiger partial charge in [-0.25, -0.2) is 4.79 Å². The normalized spacial score (nSPS) is 18.9. The molecule has 2 amide bonds. The summed E-state index contributed by atoms with van der Waals surface area (Å²) in [5.74, 6) is -1.34. The van der Waals surface area contributed by atoms with E-state index in [1.54, 1.807) is 38.1 Å². The molecule has 2 aliphatic rings. The van der Waals surface area contributed by atoms with Crippen molar-refractivity contribution in [2.45, 2.75) is 45.0 Å². The number of nitrogens with zero attached hydrogens (tertiary/aromatic N) is 5. The summed E-state index contributed by atoms with van der Waals surface area (Å²) < 4.78 is 11.1. The van der Waals surface area contributed by atoms with Crippen molar-refractivity contribution in [3.8, 4) is 11.5 Å². The van der Waals surface area contributed by atoms with Gasteiger partial charge in [0.25, 0.3) is 17.5 Å². The number of hydrogen-bond donors (Lipinski definition) is 0. The molecule has 2 aromatic carbocycles. The minimum absolute atomic E-state index is 0.0115. The van der Waals surface area contributed by atoms with Gasteiger partial charge in [0.15, 0.2) is 6.61 Å². The van der Waals surface area contributed by atoms with Crippen molar-refractivity contribution in [3.63, 3.8) is 0 Å². The lowest BCUT2D eigenvalue weighted by molar-refractivity contribution is -0.384. The molecule has 12 heteroatoms. The molecular weight excluding hydrogens is 470 g/mol. The summed E-state index contributed by atoms with van der Waals surface area (Å²) in [6.45, 7) is 3.16. The van der Waals surface area contributed by atoms with E-state index in [2.05, 4.69) is 10.2 Å². The number of carbonyl (C=O) groups excluding carboxylic acids is 3. The zero-order chi connectivity index (χ0) is 25.6. The van der Waals surface area contributed by atoms with Crippen LogP contribution < -0.4 is 4.90 Å². The number of carbonyl (C=O) groups is 3. The summed E-state index contributed by atoms with van der Waals surface area (Å²) in [5.41, 5.74) is -0.540. The highest BCUT2D eigenvalue weighted by Crippen LogP contribution is 2.46. The van der Waals surface area contributed by atoms with Crippen LogP contribution in [0.1, 0.15) is 42.9 Å². The van der Waals surface area contributed by atoms with E-state index in [0.29, 0.717) is 16.8 Å². The Morgan fingerprint density at radius 1 is 1.17 bits per heavy atom. The Morgan fingerprint density at radius 3 is 2.58 bits per heavy atom. The molecule has 1 saturated heterocycles. The van der Waals surface area contributed by atoms with E-state index in [0.717, 1.165) is 0 Å². The van der Waals surface area contributed by atoms with Gasteiger partial charge in [-0.1, -0.05) is 12.1 Å². The molecule has 184 valence electrons. The number of anilines is 1. The number of amides is 2. The lowest BCUT2D eigenvalue weighted by atomic mass is 9.95. The SMILES string of the molecule is CC(C)N1C(=O)c2ccccc2N2C(=O)CCC21C(=O)OCc1nnc(-c2ccc([N+](=O)[O-])cc2)o1. The minimum Gasteiger partial charge on any atom is -0.452 e. The van der Waals surface area contributed by atoms with E-state index in [-0.39, 0.29) is 48.7 Å². The van der Waals surface area contributed by atoms with Gasteiger partial charge in [0.2, 0.25) is 17.5 Å². The molecule has 0 spiro atoms. The smallest absolute Gasteiger partial charge is 0.354 e. The molecule has 1 fully saturated rings. The van der Waals surface area contributed by atoms with Gasteiger partial charge in [0.05, 0.1) is 16.2 Å². The molecule has 36 heavy (non-hydrogen) atoms. The first-order chi connectivity index (χ1) is 17.2. The average Bonchev–Trinajstić information content (AvgIpc) is 3.48. The first-order valence-corrected chi connectivity index (χ1v) is 11.2. The number of aromatic nitrogens is 2. The standard InChI is InChI=1S/C24H21N5O7/c1-14(2)27-22(31)17-5-3-4-6-18(17)28-20(30)11-12-24(27,28)23(32)35-13-19-25-26-21(36-19)15-7-9-16(10-8-15)29(33)34/h3-10,14H,11-13H2,1-2H3. The molecule has 3 heterocycles. The second-order valence-corrected chi connectivity index (χ2v) is 8.71. The third kappa shape index (κ3) is 3.49. The van der Waals surface area contributed by atoms with Crippen LogP contribution in [0.5, 0.6) is 0 Å². The fourth-order valence-corrected chi connectivity index (χ4v) is 4.77. The van der Waals surface area contributed by atoms with Gasteiger partial charge in [-0.05, 0) is 38.1 Å².